The van der Waals surface area contributed by atoms with Gasteiger partial charge in [-0.3, -0.25) is 0 Å². The van der Waals surface area contributed by atoms with Gasteiger partial charge < -0.3 is 15.9 Å². The van der Waals surface area contributed by atoms with E-state index in [-0.39, 0.29) is 35.4 Å². The summed E-state index contributed by atoms with van der Waals surface area (Å²) in [6, 6.07) is 4.55. The number of rotatable bonds is 1. The Labute approximate surface area is 96.3 Å². The van der Waals surface area contributed by atoms with Gasteiger partial charge in [0, 0.05) is 11.6 Å². The van der Waals surface area contributed by atoms with E-state index in [0.29, 0.717) is 5.56 Å². The number of benzene rings is 1. The smallest absolute Gasteiger partial charge is 0.162 e. The van der Waals surface area contributed by atoms with Crippen LogP contribution in [0.5, 0.6) is 11.5 Å². The van der Waals surface area contributed by atoms with Gasteiger partial charge in [0.1, 0.15) is 0 Å². The standard InChI is InChI=1S/C11H17NO2.ClH/c1-11(2,3)10(12)7-5-4-6-8(13)9(7)14;/h4-6,10,13-14H,12H2,1-3H3;1H/t10-;/m1./s1. The molecular weight excluding hydrogens is 214 g/mol. The highest BCUT2D eigenvalue weighted by Crippen LogP contribution is 2.38. The Kier molecular flexibility index (Phi) is 4.43. The molecule has 0 radical (unpaired) electrons. The number of phenols is 2. The highest BCUT2D eigenvalue weighted by molar-refractivity contribution is 5.85. The second-order valence-corrected chi connectivity index (χ2v) is 4.56. The van der Waals surface area contributed by atoms with Crippen LogP contribution in [0.4, 0.5) is 0 Å². The molecule has 4 N–H and O–H groups in total. The van der Waals surface area contributed by atoms with Crippen molar-refractivity contribution in [3.05, 3.63) is 23.8 Å². The quantitative estimate of drug-likeness (QED) is 0.651. The Morgan fingerprint density at radius 2 is 1.73 bits per heavy atom. The molecule has 3 nitrogen and oxygen atoms in total. The molecule has 0 saturated carbocycles. The third-order valence-corrected chi connectivity index (χ3v) is 2.31. The fourth-order valence-corrected chi connectivity index (χ4v) is 1.27. The lowest BCUT2D eigenvalue weighted by Crippen LogP contribution is -2.26. The second kappa shape index (κ2) is 4.73. The minimum absolute atomic E-state index is 0. The zero-order valence-electron chi connectivity index (χ0n) is 9.19. The molecule has 0 aliphatic carbocycles. The number of phenolic OH excluding ortho intramolecular Hbond substituents is 2. The lowest BCUT2D eigenvalue weighted by Gasteiger charge is -2.27. The fourth-order valence-electron chi connectivity index (χ4n) is 1.27. The van der Waals surface area contributed by atoms with Crippen LogP contribution in [0.2, 0.25) is 0 Å². The van der Waals surface area contributed by atoms with Crippen LogP contribution in [0.1, 0.15) is 32.4 Å². The van der Waals surface area contributed by atoms with Crippen molar-refractivity contribution in [2.45, 2.75) is 26.8 Å². The predicted molar refractivity (Wildman–Crippen MR) is 63.4 cm³/mol. The molecule has 0 aliphatic heterocycles. The lowest BCUT2D eigenvalue weighted by atomic mass is 9.82. The molecule has 15 heavy (non-hydrogen) atoms. The number of hydrogen-bond donors (Lipinski definition) is 3. The Morgan fingerprint density at radius 3 is 2.20 bits per heavy atom. The van der Waals surface area contributed by atoms with E-state index in [1.54, 1.807) is 12.1 Å². The summed E-state index contributed by atoms with van der Waals surface area (Å²) in [5.74, 6) is -0.239. The van der Waals surface area contributed by atoms with Crippen molar-refractivity contribution in [3.8, 4) is 11.5 Å². The SMILES string of the molecule is CC(C)(C)[C@H](N)c1cccc(O)c1O.Cl. The van der Waals surface area contributed by atoms with Gasteiger partial charge in [-0.25, -0.2) is 0 Å². The third kappa shape index (κ3) is 3.01. The summed E-state index contributed by atoms with van der Waals surface area (Å²) in [5.41, 5.74) is 6.40. The van der Waals surface area contributed by atoms with Crippen LogP contribution in [0.15, 0.2) is 18.2 Å². The van der Waals surface area contributed by atoms with Gasteiger partial charge in [0.15, 0.2) is 11.5 Å². The summed E-state index contributed by atoms with van der Waals surface area (Å²) in [4.78, 5) is 0. The molecule has 1 atom stereocenters. The number of para-hydroxylation sites is 1. The first kappa shape index (κ1) is 14.1. The van der Waals surface area contributed by atoms with Crippen molar-refractivity contribution in [1.29, 1.82) is 0 Å². The summed E-state index contributed by atoms with van der Waals surface area (Å²) >= 11 is 0. The minimum Gasteiger partial charge on any atom is -0.504 e. The van der Waals surface area contributed by atoms with Crippen LogP contribution in [0, 0.1) is 5.41 Å². The maximum Gasteiger partial charge on any atom is 0.162 e. The molecule has 1 aromatic rings. The van der Waals surface area contributed by atoms with Crippen molar-refractivity contribution >= 4 is 12.4 Å². The first-order valence-corrected chi connectivity index (χ1v) is 4.60. The highest BCUT2D eigenvalue weighted by Gasteiger charge is 2.25. The predicted octanol–water partition coefficient (Wildman–Crippen LogP) is 2.57. The second-order valence-electron chi connectivity index (χ2n) is 4.56. The number of hydrogen-bond acceptors (Lipinski definition) is 3. The van der Waals surface area contributed by atoms with Crippen LogP contribution < -0.4 is 5.73 Å². The average molecular weight is 232 g/mol. The molecule has 0 spiro atoms. The summed E-state index contributed by atoms with van der Waals surface area (Å²) < 4.78 is 0. The number of halogens is 1. The molecule has 1 aromatic carbocycles. The molecule has 0 fully saturated rings. The first-order chi connectivity index (χ1) is 6.34. The monoisotopic (exact) mass is 231 g/mol. The lowest BCUT2D eigenvalue weighted by molar-refractivity contribution is 0.313. The van der Waals surface area contributed by atoms with Crippen LogP contribution >= 0.6 is 12.4 Å². The van der Waals surface area contributed by atoms with Crippen molar-refractivity contribution in [1.82, 2.24) is 0 Å². The minimum atomic E-state index is -0.297. The van der Waals surface area contributed by atoms with Crippen molar-refractivity contribution in [2.75, 3.05) is 0 Å². The van der Waals surface area contributed by atoms with E-state index in [0.717, 1.165) is 0 Å². The number of nitrogens with two attached hydrogens (primary N) is 1. The van der Waals surface area contributed by atoms with Gasteiger partial charge in [-0.05, 0) is 11.5 Å². The Bertz CT molecular complexity index is 334. The van der Waals surface area contributed by atoms with Gasteiger partial charge in [-0.2, -0.15) is 0 Å². The molecule has 0 amide bonds. The Hall–Kier alpha value is -0.930. The van der Waals surface area contributed by atoms with Crippen LogP contribution in [0.25, 0.3) is 0 Å². The van der Waals surface area contributed by atoms with Gasteiger partial charge in [0.2, 0.25) is 0 Å². The average Bonchev–Trinajstić information content (AvgIpc) is 2.07. The topological polar surface area (TPSA) is 66.5 Å². The number of aromatic hydroxyl groups is 2. The van der Waals surface area contributed by atoms with E-state index in [1.807, 2.05) is 20.8 Å². The molecule has 0 unspecified atom stereocenters. The zero-order chi connectivity index (χ0) is 10.9. The molecule has 0 aromatic heterocycles. The van der Waals surface area contributed by atoms with Gasteiger partial charge in [0.25, 0.3) is 0 Å². The summed E-state index contributed by atoms with van der Waals surface area (Å²) in [6.45, 7) is 5.96. The zero-order valence-corrected chi connectivity index (χ0v) is 10.0. The molecule has 4 heteroatoms. The van der Waals surface area contributed by atoms with Gasteiger partial charge in [-0.15, -0.1) is 12.4 Å². The van der Waals surface area contributed by atoms with Crippen molar-refractivity contribution in [3.63, 3.8) is 0 Å². The maximum atomic E-state index is 9.60. The summed E-state index contributed by atoms with van der Waals surface area (Å²) in [5, 5.41) is 18.9. The van der Waals surface area contributed by atoms with Gasteiger partial charge in [0.05, 0.1) is 0 Å². The summed E-state index contributed by atoms with van der Waals surface area (Å²) in [6.07, 6.45) is 0. The van der Waals surface area contributed by atoms with Crippen LogP contribution in [-0.4, -0.2) is 10.2 Å². The fraction of sp³-hybridized carbons (Fsp3) is 0.455. The van der Waals surface area contributed by atoms with Gasteiger partial charge in [-0.1, -0.05) is 32.9 Å². The van der Waals surface area contributed by atoms with E-state index in [9.17, 15) is 10.2 Å². The molecule has 86 valence electrons. The Balaban J connectivity index is 0.00000196. The highest BCUT2D eigenvalue weighted by atomic mass is 35.5. The van der Waals surface area contributed by atoms with Gasteiger partial charge >= 0.3 is 0 Å². The largest absolute Gasteiger partial charge is 0.504 e. The van der Waals surface area contributed by atoms with E-state index in [2.05, 4.69) is 0 Å². The van der Waals surface area contributed by atoms with Crippen LogP contribution in [0.3, 0.4) is 0 Å². The van der Waals surface area contributed by atoms with E-state index in [4.69, 9.17) is 5.73 Å². The third-order valence-electron chi connectivity index (χ3n) is 2.31. The molecule has 0 aliphatic rings. The van der Waals surface area contributed by atoms with E-state index < -0.39 is 0 Å². The van der Waals surface area contributed by atoms with E-state index in [1.165, 1.54) is 6.07 Å². The molecule has 0 bridgehead atoms. The molecule has 1 rings (SSSR count). The Morgan fingerprint density at radius 1 is 1.20 bits per heavy atom. The van der Waals surface area contributed by atoms with Crippen molar-refractivity contribution < 1.29 is 10.2 Å². The van der Waals surface area contributed by atoms with Crippen LogP contribution in [-0.2, 0) is 0 Å². The molecular formula is C11H18ClNO2. The molecule has 0 saturated heterocycles. The first-order valence-electron chi connectivity index (χ1n) is 4.60. The molecule has 0 heterocycles. The van der Waals surface area contributed by atoms with Crippen molar-refractivity contribution in [2.24, 2.45) is 11.1 Å². The normalized spacial score (nSPS) is 13.1. The maximum absolute atomic E-state index is 9.60. The van der Waals surface area contributed by atoms with E-state index >= 15 is 0 Å². The summed E-state index contributed by atoms with van der Waals surface area (Å²) in [7, 11) is 0.